The molecule has 0 spiro atoms. The molecule has 1 amide bonds. The van der Waals surface area contributed by atoms with Crippen LogP contribution in [0.15, 0.2) is 47.4 Å². The van der Waals surface area contributed by atoms with Crippen LogP contribution in [-0.2, 0) is 16.4 Å². The number of hydrogen-bond donors (Lipinski definition) is 2. The van der Waals surface area contributed by atoms with Crippen molar-refractivity contribution in [1.82, 2.24) is 5.32 Å². The molecule has 0 saturated carbocycles. The van der Waals surface area contributed by atoms with Crippen LogP contribution in [0.3, 0.4) is 0 Å². The molecule has 0 unspecified atom stereocenters. The summed E-state index contributed by atoms with van der Waals surface area (Å²) in [6.45, 7) is 1.59. The van der Waals surface area contributed by atoms with Crippen molar-refractivity contribution in [2.75, 3.05) is 0 Å². The SMILES string of the molecule is Cc1c(C(=O)N[C@H]2CCc3ccccc32)cccc1S(N)(=O)=O. The Morgan fingerprint density at radius 1 is 1.17 bits per heavy atom. The normalized spacial score (nSPS) is 16.9. The molecule has 5 nitrogen and oxygen atoms in total. The molecule has 1 atom stereocenters. The zero-order valence-electron chi connectivity index (χ0n) is 12.7. The number of fused-ring (bicyclic) bond motifs is 1. The van der Waals surface area contributed by atoms with E-state index >= 15 is 0 Å². The predicted molar refractivity (Wildman–Crippen MR) is 87.5 cm³/mol. The number of aryl methyl sites for hydroxylation is 1. The molecule has 0 radical (unpaired) electrons. The van der Waals surface area contributed by atoms with E-state index in [1.807, 2.05) is 18.2 Å². The van der Waals surface area contributed by atoms with E-state index in [1.54, 1.807) is 13.0 Å². The van der Waals surface area contributed by atoms with Crippen molar-refractivity contribution in [3.63, 3.8) is 0 Å². The highest BCUT2D eigenvalue weighted by Gasteiger charge is 2.25. The maximum absolute atomic E-state index is 12.6. The Morgan fingerprint density at radius 3 is 2.65 bits per heavy atom. The molecule has 2 aromatic carbocycles. The van der Waals surface area contributed by atoms with Crippen LogP contribution in [0, 0.1) is 6.92 Å². The topological polar surface area (TPSA) is 89.3 Å². The fourth-order valence-corrected chi connectivity index (χ4v) is 3.92. The van der Waals surface area contributed by atoms with E-state index in [4.69, 9.17) is 5.14 Å². The van der Waals surface area contributed by atoms with Gasteiger partial charge in [-0.2, -0.15) is 0 Å². The summed E-state index contributed by atoms with van der Waals surface area (Å²) in [5, 5.41) is 8.19. The van der Waals surface area contributed by atoms with Gasteiger partial charge in [0.15, 0.2) is 0 Å². The van der Waals surface area contributed by atoms with Crippen molar-refractivity contribution in [3.8, 4) is 0 Å². The molecule has 0 fully saturated rings. The minimum absolute atomic E-state index is 0.0167. The first-order valence-electron chi connectivity index (χ1n) is 7.39. The van der Waals surface area contributed by atoms with Crippen molar-refractivity contribution in [2.45, 2.75) is 30.7 Å². The van der Waals surface area contributed by atoms with Gasteiger partial charge in [0.1, 0.15) is 0 Å². The molecule has 3 rings (SSSR count). The third kappa shape index (κ3) is 3.00. The van der Waals surface area contributed by atoms with Crippen molar-refractivity contribution in [3.05, 3.63) is 64.7 Å². The summed E-state index contributed by atoms with van der Waals surface area (Å²) in [7, 11) is -3.85. The molecular formula is C17H18N2O3S. The zero-order chi connectivity index (χ0) is 16.6. The third-order valence-corrected chi connectivity index (χ3v) is 5.33. The number of hydrogen-bond acceptors (Lipinski definition) is 3. The van der Waals surface area contributed by atoms with Crippen LogP contribution in [0.25, 0.3) is 0 Å². The van der Waals surface area contributed by atoms with Crippen LogP contribution in [0.1, 0.15) is 39.5 Å². The number of nitrogens with two attached hydrogens (primary N) is 1. The minimum atomic E-state index is -3.85. The number of benzene rings is 2. The van der Waals surface area contributed by atoms with E-state index in [2.05, 4.69) is 11.4 Å². The van der Waals surface area contributed by atoms with Gasteiger partial charge >= 0.3 is 0 Å². The van der Waals surface area contributed by atoms with Gasteiger partial charge in [0.25, 0.3) is 5.91 Å². The number of primary sulfonamides is 1. The maximum Gasteiger partial charge on any atom is 0.252 e. The standard InChI is InChI=1S/C17H18N2O3S/c1-11-13(7-4-8-16(11)23(18,21)22)17(20)19-15-10-9-12-5-2-3-6-14(12)15/h2-8,15H,9-10H2,1H3,(H,19,20)(H2,18,21,22)/t15-/m0/s1. The zero-order valence-corrected chi connectivity index (χ0v) is 13.6. The number of rotatable bonds is 3. The molecule has 0 bridgehead atoms. The molecule has 3 N–H and O–H groups in total. The molecule has 23 heavy (non-hydrogen) atoms. The lowest BCUT2D eigenvalue weighted by Gasteiger charge is -2.16. The molecule has 1 aliphatic rings. The van der Waals surface area contributed by atoms with Crippen molar-refractivity contribution < 1.29 is 13.2 Å². The van der Waals surface area contributed by atoms with E-state index in [-0.39, 0.29) is 16.8 Å². The number of sulfonamides is 1. The minimum Gasteiger partial charge on any atom is -0.345 e. The Labute approximate surface area is 135 Å². The van der Waals surface area contributed by atoms with Gasteiger partial charge in [0.2, 0.25) is 10.0 Å². The third-order valence-electron chi connectivity index (χ3n) is 4.27. The Balaban J connectivity index is 1.88. The molecule has 0 aromatic heterocycles. The molecule has 0 saturated heterocycles. The second kappa shape index (κ2) is 5.79. The molecular weight excluding hydrogens is 312 g/mol. The van der Waals surface area contributed by atoms with E-state index < -0.39 is 10.0 Å². The van der Waals surface area contributed by atoms with Gasteiger partial charge in [0, 0.05) is 5.56 Å². The first-order valence-corrected chi connectivity index (χ1v) is 8.93. The number of carbonyl (C=O) groups is 1. The van der Waals surface area contributed by atoms with Crippen LogP contribution >= 0.6 is 0 Å². The summed E-state index contributed by atoms with van der Waals surface area (Å²) in [4.78, 5) is 12.5. The predicted octanol–water partition coefficient (Wildman–Crippen LogP) is 2.06. The highest BCUT2D eigenvalue weighted by Crippen LogP contribution is 2.31. The summed E-state index contributed by atoms with van der Waals surface area (Å²) >= 11 is 0. The second-order valence-electron chi connectivity index (χ2n) is 5.74. The van der Waals surface area contributed by atoms with Gasteiger partial charge in [-0.1, -0.05) is 30.3 Å². The second-order valence-corrected chi connectivity index (χ2v) is 7.27. The van der Waals surface area contributed by atoms with Gasteiger partial charge in [-0.3, -0.25) is 4.79 Å². The number of amides is 1. The largest absolute Gasteiger partial charge is 0.345 e. The lowest BCUT2D eigenvalue weighted by atomic mass is 10.1. The molecule has 2 aromatic rings. The fraction of sp³-hybridized carbons (Fsp3) is 0.235. The highest BCUT2D eigenvalue weighted by atomic mass is 32.2. The Hall–Kier alpha value is -2.18. The lowest BCUT2D eigenvalue weighted by Crippen LogP contribution is -2.28. The van der Waals surface area contributed by atoms with E-state index in [0.717, 1.165) is 18.4 Å². The van der Waals surface area contributed by atoms with Crippen LogP contribution in [0.5, 0.6) is 0 Å². The average Bonchev–Trinajstić information content (AvgIpc) is 2.89. The van der Waals surface area contributed by atoms with Gasteiger partial charge in [0.05, 0.1) is 10.9 Å². The van der Waals surface area contributed by atoms with Gasteiger partial charge in [-0.05, 0) is 48.6 Å². The van der Waals surface area contributed by atoms with Crippen LogP contribution in [-0.4, -0.2) is 14.3 Å². The number of nitrogens with one attached hydrogen (secondary N) is 1. The van der Waals surface area contributed by atoms with Gasteiger partial charge in [-0.15, -0.1) is 0 Å². The maximum atomic E-state index is 12.6. The highest BCUT2D eigenvalue weighted by molar-refractivity contribution is 7.89. The van der Waals surface area contributed by atoms with Crippen molar-refractivity contribution in [2.24, 2.45) is 5.14 Å². The fourth-order valence-electron chi connectivity index (χ4n) is 3.11. The van der Waals surface area contributed by atoms with Crippen molar-refractivity contribution in [1.29, 1.82) is 0 Å². The van der Waals surface area contributed by atoms with Gasteiger partial charge in [-0.25, -0.2) is 13.6 Å². The average molecular weight is 330 g/mol. The molecule has 1 aliphatic carbocycles. The Bertz CT molecular complexity index is 875. The summed E-state index contributed by atoms with van der Waals surface area (Å²) in [6.07, 6.45) is 1.77. The summed E-state index contributed by atoms with van der Waals surface area (Å²) in [5.74, 6) is -0.283. The van der Waals surface area contributed by atoms with Crippen LogP contribution in [0.2, 0.25) is 0 Å². The van der Waals surface area contributed by atoms with E-state index in [0.29, 0.717) is 11.1 Å². The quantitative estimate of drug-likeness (QED) is 0.902. The lowest BCUT2D eigenvalue weighted by molar-refractivity contribution is 0.0936. The van der Waals surface area contributed by atoms with Crippen LogP contribution < -0.4 is 10.5 Å². The summed E-state index contributed by atoms with van der Waals surface area (Å²) in [5.41, 5.74) is 3.08. The molecule has 6 heteroatoms. The molecule has 0 heterocycles. The first kappa shape index (κ1) is 15.7. The van der Waals surface area contributed by atoms with Crippen molar-refractivity contribution >= 4 is 15.9 Å². The van der Waals surface area contributed by atoms with E-state index in [9.17, 15) is 13.2 Å². The van der Waals surface area contributed by atoms with E-state index in [1.165, 1.54) is 17.7 Å². The number of carbonyl (C=O) groups excluding carboxylic acids is 1. The Morgan fingerprint density at radius 2 is 1.91 bits per heavy atom. The van der Waals surface area contributed by atoms with Gasteiger partial charge < -0.3 is 5.32 Å². The Kier molecular flexibility index (Phi) is 3.95. The molecule has 0 aliphatic heterocycles. The molecule has 120 valence electrons. The monoisotopic (exact) mass is 330 g/mol. The first-order chi connectivity index (χ1) is 10.9. The summed E-state index contributed by atoms with van der Waals surface area (Å²) in [6, 6.07) is 12.5. The van der Waals surface area contributed by atoms with Crippen LogP contribution in [0.4, 0.5) is 0 Å². The smallest absolute Gasteiger partial charge is 0.252 e. The summed E-state index contributed by atoms with van der Waals surface area (Å²) < 4.78 is 23.2.